The van der Waals surface area contributed by atoms with Crippen LogP contribution < -0.4 is 5.32 Å². The standard InChI is InChI=1S/C22H23Cl2FN2O5S2/c1-33(29,30)13-3-10-26-21(28)22(25)8-11-27(12-9-22)34(31,32)20-7-6-18(24)15-19(20)16-4-2-5-17(23)14-16/h2-7,13-15H,8-12H2,1H3,(H,26,28)/b13-3+. The van der Waals surface area contributed by atoms with Crippen LogP contribution in [0.4, 0.5) is 4.39 Å². The Morgan fingerprint density at radius 3 is 2.35 bits per heavy atom. The van der Waals surface area contributed by atoms with Gasteiger partial charge in [-0.25, -0.2) is 21.2 Å². The van der Waals surface area contributed by atoms with E-state index in [-0.39, 0.29) is 37.4 Å². The maximum absolute atomic E-state index is 15.2. The lowest BCUT2D eigenvalue weighted by molar-refractivity contribution is -0.135. The number of sulfone groups is 1. The summed E-state index contributed by atoms with van der Waals surface area (Å²) in [4.78, 5) is 12.3. The van der Waals surface area contributed by atoms with Crippen LogP contribution in [0.1, 0.15) is 12.8 Å². The van der Waals surface area contributed by atoms with Crippen LogP contribution in [-0.2, 0) is 24.7 Å². The lowest BCUT2D eigenvalue weighted by Gasteiger charge is -2.34. The minimum absolute atomic E-state index is 0.000823. The third kappa shape index (κ3) is 6.37. The van der Waals surface area contributed by atoms with Gasteiger partial charge in [0.05, 0.1) is 4.90 Å². The molecule has 1 heterocycles. The molecule has 0 bridgehead atoms. The Bertz CT molecular complexity index is 1320. The molecule has 34 heavy (non-hydrogen) atoms. The maximum atomic E-state index is 15.2. The number of carbonyl (C=O) groups excluding carboxylic acids is 1. The molecule has 1 aliphatic rings. The highest BCUT2D eigenvalue weighted by Crippen LogP contribution is 2.36. The van der Waals surface area contributed by atoms with Gasteiger partial charge in [0.25, 0.3) is 5.91 Å². The van der Waals surface area contributed by atoms with Crippen LogP contribution in [0.2, 0.25) is 10.0 Å². The molecule has 12 heteroatoms. The number of alkyl halides is 1. The zero-order valence-electron chi connectivity index (χ0n) is 18.2. The van der Waals surface area contributed by atoms with Gasteiger partial charge in [-0.15, -0.1) is 0 Å². The minimum atomic E-state index is -4.03. The molecule has 1 amide bonds. The molecule has 7 nitrogen and oxygen atoms in total. The van der Waals surface area contributed by atoms with Gasteiger partial charge in [-0.2, -0.15) is 4.31 Å². The molecule has 0 saturated carbocycles. The number of rotatable bonds is 7. The van der Waals surface area contributed by atoms with Gasteiger partial charge >= 0.3 is 0 Å². The molecule has 0 unspecified atom stereocenters. The van der Waals surface area contributed by atoms with Crippen molar-refractivity contribution in [1.82, 2.24) is 9.62 Å². The van der Waals surface area contributed by atoms with Crippen molar-refractivity contribution >= 4 is 49.0 Å². The first kappa shape index (κ1) is 26.6. The first-order chi connectivity index (χ1) is 15.8. The summed E-state index contributed by atoms with van der Waals surface area (Å²) >= 11 is 12.2. The molecule has 1 N–H and O–H groups in total. The lowest BCUT2D eigenvalue weighted by atomic mass is 9.93. The van der Waals surface area contributed by atoms with Crippen LogP contribution in [0.3, 0.4) is 0 Å². The third-order valence-electron chi connectivity index (χ3n) is 5.34. The summed E-state index contributed by atoms with van der Waals surface area (Å²) in [7, 11) is -7.38. The Kier molecular flexibility index (Phi) is 8.09. The van der Waals surface area contributed by atoms with Gasteiger partial charge in [-0.1, -0.05) is 41.4 Å². The quantitative estimate of drug-likeness (QED) is 0.566. The fourth-order valence-electron chi connectivity index (χ4n) is 3.59. The first-order valence-electron chi connectivity index (χ1n) is 10.2. The molecule has 0 radical (unpaired) electrons. The number of benzene rings is 2. The van der Waals surface area contributed by atoms with Crippen molar-refractivity contribution in [3.63, 3.8) is 0 Å². The summed E-state index contributed by atoms with van der Waals surface area (Å²) in [6, 6.07) is 11.1. The second kappa shape index (κ2) is 10.3. The van der Waals surface area contributed by atoms with Crippen molar-refractivity contribution < 1.29 is 26.0 Å². The van der Waals surface area contributed by atoms with Crippen molar-refractivity contribution in [1.29, 1.82) is 0 Å². The number of sulfonamides is 1. The van der Waals surface area contributed by atoms with Crippen LogP contribution in [-0.4, -0.2) is 58.6 Å². The van der Waals surface area contributed by atoms with Crippen molar-refractivity contribution in [2.24, 2.45) is 0 Å². The number of hydrogen-bond acceptors (Lipinski definition) is 5. The average molecular weight is 549 g/mol. The number of carbonyl (C=O) groups is 1. The normalized spacial score (nSPS) is 17.1. The molecule has 184 valence electrons. The second-order valence-corrected chi connectivity index (χ2v) is 12.6. The van der Waals surface area contributed by atoms with Gasteiger partial charge in [-0.3, -0.25) is 4.79 Å². The summed E-state index contributed by atoms with van der Waals surface area (Å²) in [5.74, 6) is -0.909. The van der Waals surface area contributed by atoms with Crippen molar-refractivity contribution in [3.8, 4) is 11.1 Å². The molecular weight excluding hydrogens is 526 g/mol. The van der Waals surface area contributed by atoms with Gasteiger partial charge in [0.15, 0.2) is 15.5 Å². The molecule has 1 aliphatic heterocycles. The van der Waals surface area contributed by atoms with Gasteiger partial charge in [0.2, 0.25) is 10.0 Å². The Hall–Kier alpha value is -1.98. The van der Waals surface area contributed by atoms with Crippen LogP contribution in [0.5, 0.6) is 0 Å². The minimum Gasteiger partial charge on any atom is -0.350 e. The summed E-state index contributed by atoms with van der Waals surface area (Å²) in [5, 5.41) is 4.02. The molecule has 0 aromatic heterocycles. The van der Waals surface area contributed by atoms with E-state index in [0.29, 0.717) is 21.2 Å². The fourth-order valence-corrected chi connectivity index (χ4v) is 6.03. The van der Waals surface area contributed by atoms with E-state index in [4.69, 9.17) is 23.2 Å². The topological polar surface area (TPSA) is 101 Å². The highest BCUT2D eigenvalue weighted by Gasteiger charge is 2.44. The number of nitrogens with zero attached hydrogens (tertiary/aromatic N) is 1. The number of halogens is 3. The summed E-state index contributed by atoms with van der Waals surface area (Å²) < 4.78 is 65.4. The van der Waals surface area contributed by atoms with Crippen LogP contribution >= 0.6 is 23.2 Å². The highest BCUT2D eigenvalue weighted by molar-refractivity contribution is 7.93. The van der Waals surface area contributed by atoms with Gasteiger partial charge in [0, 0.05) is 59.7 Å². The summed E-state index contributed by atoms with van der Waals surface area (Å²) in [6.45, 7) is -0.570. The van der Waals surface area contributed by atoms with Crippen LogP contribution in [0.25, 0.3) is 11.1 Å². The number of hydrogen-bond donors (Lipinski definition) is 1. The molecule has 2 aromatic carbocycles. The van der Waals surface area contributed by atoms with Gasteiger partial charge < -0.3 is 5.32 Å². The predicted molar refractivity (Wildman–Crippen MR) is 131 cm³/mol. The molecular formula is C22H23Cl2FN2O5S2. The van der Waals surface area contributed by atoms with Crippen LogP contribution in [0, 0.1) is 0 Å². The first-order valence-corrected chi connectivity index (χ1v) is 14.4. The van der Waals surface area contributed by atoms with E-state index in [2.05, 4.69) is 5.32 Å². The van der Waals surface area contributed by atoms with Crippen LogP contribution in [0.15, 0.2) is 58.8 Å². The zero-order valence-corrected chi connectivity index (χ0v) is 21.3. The van der Waals surface area contributed by atoms with Gasteiger partial charge in [-0.05, 0) is 35.9 Å². The van der Waals surface area contributed by atoms with E-state index in [9.17, 15) is 21.6 Å². The number of piperidine rings is 1. The molecule has 0 spiro atoms. The largest absolute Gasteiger partial charge is 0.350 e. The van der Waals surface area contributed by atoms with Crippen molar-refractivity contribution in [3.05, 3.63) is 64.0 Å². The molecule has 2 aromatic rings. The van der Waals surface area contributed by atoms with E-state index >= 15 is 4.39 Å². The highest BCUT2D eigenvalue weighted by atomic mass is 35.5. The van der Waals surface area contributed by atoms with E-state index in [1.807, 2.05) is 0 Å². The van der Waals surface area contributed by atoms with E-state index in [1.165, 1.54) is 24.3 Å². The number of nitrogens with one attached hydrogen (secondary N) is 1. The van der Waals surface area contributed by atoms with E-state index < -0.39 is 31.4 Å². The maximum Gasteiger partial charge on any atom is 0.258 e. The average Bonchev–Trinajstić information content (AvgIpc) is 2.76. The molecule has 3 rings (SSSR count). The summed E-state index contributed by atoms with van der Waals surface area (Å²) in [6.07, 6.45) is 1.52. The Morgan fingerprint density at radius 2 is 1.74 bits per heavy atom. The Balaban J connectivity index is 1.77. The molecule has 1 fully saturated rings. The third-order valence-corrected chi connectivity index (χ3v) is 8.45. The Morgan fingerprint density at radius 1 is 1.09 bits per heavy atom. The molecule has 0 aliphatic carbocycles. The van der Waals surface area contributed by atoms with Gasteiger partial charge in [0.1, 0.15) is 0 Å². The molecule has 0 atom stereocenters. The van der Waals surface area contributed by atoms with Crippen molar-refractivity contribution in [2.75, 3.05) is 25.9 Å². The molecule has 1 saturated heterocycles. The summed E-state index contributed by atoms with van der Waals surface area (Å²) in [5.41, 5.74) is -1.34. The monoisotopic (exact) mass is 548 g/mol. The number of amides is 1. The zero-order chi connectivity index (χ0) is 25.1. The smallest absolute Gasteiger partial charge is 0.258 e. The van der Waals surface area contributed by atoms with E-state index in [0.717, 1.165) is 16.0 Å². The fraction of sp³-hybridized carbons (Fsp3) is 0.318. The lowest BCUT2D eigenvalue weighted by Crippen LogP contribution is -2.52. The SMILES string of the molecule is CS(=O)(=O)/C=C/CNC(=O)C1(F)CCN(S(=O)(=O)c2ccc(Cl)cc2-c2cccc(Cl)c2)CC1. The van der Waals surface area contributed by atoms with E-state index in [1.54, 1.807) is 24.3 Å². The predicted octanol–water partition coefficient (Wildman–Crippen LogP) is 3.83. The Labute approximate surface area is 208 Å². The van der Waals surface area contributed by atoms with Crippen molar-refractivity contribution in [2.45, 2.75) is 23.4 Å². The second-order valence-electron chi connectivity index (χ2n) is 7.93.